The van der Waals surface area contributed by atoms with Gasteiger partial charge in [0.2, 0.25) is 5.91 Å². The maximum absolute atomic E-state index is 13.2. The zero-order valence-electron chi connectivity index (χ0n) is 19.9. The topological polar surface area (TPSA) is 92.3 Å². The van der Waals surface area contributed by atoms with Crippen LogP contribution in [0, 0.1) is 25.2 Å². The SMILES string of the molecule is Cc1nc2c(C#N)cnn2c(C)c1CCC(=O)NC(c1ccccc1)c1ccc2c(c1)CCCO2. The maximum atomic E-state index is 13.2. The summed E-state index contributed by atoms with van der Waals surface area (Å²) in [5, 5.41) is 16.8. The molecule has 0 bridgehead atoms. The van der Waals surface area contributed by atoms with Crippen molar-refractivity contribution in [1.82, 2.24) is 19.9 Å². The van der Waals surface area contributed by atoms with Crippen LogP contribution < -0.4 is 10.1 Å². The molecule has 0 radical (unpaired) electrons. The molecular formula is C28H27N5O2. The molecular weight excluding hydrogens is 438 g/mol. The molecule has 0 aliphatic carbocycles. The second-order valence-electron chi connectivity index (χ2n) is 8.90. The second kappa shape index (κ2) is 9.59. The van der Waals surface area contributed by atoms with Gasteiger partial charge in [0.25, 0.3) is 0 Å². The summed E-state index contributed by atoms with van der Waals surface area (Å²) in [5.41, 5.74) is 6.95. The summed E-state index contributed by atoms with van der Waals surface area (Å²) in [4.78, 5) is 17.8. The second-order valence-corrected chi connectivity index (χ2v) is 8.90. The van der Waals surface area contributed by atoms with Gasteiger partial charge in [0.1, 0.15) is 17.4 Å². The van der Waals surface area contributed by atoms with Crippen LogP contribution in [-0.4, -0.2) is 27.1 Å². The van der Waals surface area contributed by atoms with Crippen molar-refractivity contribution in [2.24, 2.45) is 0 Å². The van der Waals surface area contributed by atoms with E-state index in [0.29, 0.717) is 24.1 Å². The zero-order valence-corrected chi connectivity index (χ0v) is 19.9. The molecule has 1 unspecified atom stereocenters. The van der Waals surface area contributed by atoms with Crippen LogP contribution in [0.1, 0.15) is 58.1 Å². The predicted molar refractivity (Wildman–Crippen MR) is 132 cm³/mol. The smallest absolute Gasteiger partial charge is 0.221 e. The van der Waals surface area contributed by atoms with E-state index in [1.807, 2.05) is 56.3 Å². The highest BCUT2D eigenvalue weighted by Crippen LogP contribution is 2.30. The Labute approximate surface area is 204 Å². The molecule has 0 spiro atoms. The van der Waals surface area contributed by atoms with Crippen molar-refractivity contribution in [3.63, 3.8) is 0 Å². The zero-order chi connectivity index (χ0) is 24.4. The summed E-state index contributed by atoms with van der Waals surface area (Å²) in [6, 6.07) is 18.1. The summed E-state index contributed by atoms with van der Waals surface area (Å²) in [6.07, 6.45) is 4.36. The van der Waals surface area contributed by atoms with Gasteiger partial charge in [-0.3, -0.25) is 4.79 Å². The Morgan fingerprint density at radius 2 is 2.03 bits per heavy atom. The van der Waals surface area contributed by atoms with Crippen molar-refractivity contribution in [3.8, 4) is 11.8 Å². The molecule has 5 rings (SSSR count). The minimum absolute atomic E-state index is 0.0371. The van der Waals surface area contributed by atoms with Gasteiger partial charge in [-0.05, 0) is 67.5 Å². The third-order valence-corrected chi connectivity index (χ3v) is 6.64. The number of carbonyl (C=O) groups excluding carboxylic acids is 1. The third kappa shape index (κ3) is 4.47. The van der Waals surface area contributed by atoms with E-state index in [0.717, 1.165) is 53.3 Å². The monoisotopic (exact) mass is 465 g/mol. The van der Waals surface area contributed by atoms with Crippen LogP contribution in [0.25, 0.3) is 5.65 Å². The number of hydrogen-bond donors (Lipinski definition) is 1. The Bertz CT molecular complexity index is 1440. The molecule has 1 amide bonds. The molecule has 1 N–H and O–H groups in total. The largest absolute Gasteiger partial charge is 0.493 e. The molecule has 0 fully saturated rings. The average molecular weight is 466 g/mol. The summed E-state index contributed by atoms with van der Waals surface area (Å²) >= 11 is 0. The molecule has 0 saturated carbocycles. The normalized spacial score (nSPS) is 13.5. The van der Waals surface area contributed by atoms with E-state index in [9.17, 15) is 10.1 Å². The molecule has 3 heterocycles. The summed E-state index contributed by atoms with van der Waals surface area (Å²) in [5.74, 6) is 0.898. The Kier molecular flexibility index (Phi) is 6.19. The number of nitrogens with one attached hydrogen (secondary N) is 1. The van der Waals surface area contributed by atoms with Gasteiger partial charge in [0.15, 0.2) is 5.65 Å². The lowest BCUT2D eigenvalue weighted by Gasteiger charge is -2.23. The molecule has 1 aliphatic heterocycles. The maximum Gasteiger partial charge on any atom is 0.221 e. The van der Waals surface area contributed by atoms with Crippen molar-refractivity contribution in [2.45, 2.75) is 45.6 Å². The number of nitriles is 1. The van der Waals surface area contributed by atoms with E-state index in [2.05, 4.69) is 27.5 Å². The van der Waals surface area contributed by atoms with Gasteiger partial charge in [0.05, 0.1) is 18.8 Å². The lowest BCUT2D eigenvalue weighted by molar-refractivity contribution is -0.121. The number of aromatic nitrogens is 3. The summed E-state index contributed by atoms with van der Waals surface area (Å²) in [6.45, 7) is 4.61. The first-order valence-electron chi connectivity index (χ1n) is 11.9. The number of ether oxygens (including phenoxy) is 1. The fraction of sp³-hybridized carbons (Fsp3) is 0.286. The molecule has 1 aliphatic rings. The Morgan fingerprint density at radius 1 is 1.20 bits per heavy atom. The van der Waals surface area contributed by atoms with Gasteiger partial charge in [-0.1, -0.05) is 36.4 Å². The number of benzene rings is 2. The fourth-order valence-corrected chi connectivity index (χ4v) is 4.79. The Balaban J connectivity index is 1.37. The van der Waals surface area contributed by atoms with Crippen LogP contribution in [0.4, 0.5) is 0 Å². The summed E-state index contributed by atoms with van der Waals surface area (Å²) < 4.78 is 7.46. The number of fused-ring (bicyclic) bond motifs is 2. The third-order valence-electron chi connectivity index (χ3n) is 6.64. The molecule has 4 aromatic rings. The molecule has 176 valence electrons. The van der Waals surface area contributed by atoms with Crippen LogP contribution in [0.3, 0.4) is 0 Å². The fourth-order valence-electron chi connectivity index (χ4n) is 4.79. The van der Waals surface area contributed by atoms with Gasteiger partial charge in [-0.2, -0.15) is 10.4 Å². The number of nitrogens with zero attached hydrogens (tertiary/aromatic N) is 4. The molecule has 7 heteroatoms. The number of aryl methyl sites for hydroxylation is 3. The molecule has 7 nitrogen and oxygen atoms in total. The quantitative estimate of drug-likeness (QED) is 0.456. The molecule has 35 heavy (non-hydrogen) atoms. The van der Waals surface area contributed by atoms with Crippen LogP contribution in [0.5, 0.6) is 5.75 Å². The number of hydrogen-bond acceptors (Lipinski definition) is 5. The summed E-state index contributed by atoms with van der Waals surface area (Å²) in [7, 11) is 0. The van der Waals surface area contributed by atoms with Crippen molar-refractivity contribution in [1.29, 1.82) is 5.26 Å². The first kappa shape index (κ1) is 22.6. The molecule has 2 aromatic carbocycles. The standard InChI is InChI=1S/C28H27N5O2/c1-18-24(19(2)33-28(31-18)23(16-29)17-30-33)11-13-26(34)32-27(20-7-4-3-5-8-20)22-10-12-25-21(15-22)9-6-14-35-25/h3-5,7-8,10,12,15,17,27H,6,9,11,13-14H2,1-2H3,(H,32,34). The van der Waals surface area contributed by atoms with E-state index >= 15 is 0 Å². The average Bonchev–Trinajstić information content (AvgIpc) is 3.30. The van der Waals surface area contributed by atoms with Crippen LogP contribution in [0.2, 0.25) is 0 Å². The van der Waals surface area contributed by atoms with Gasteiger partial charge < -0.3 is 10.1 Å². The van der Waals surface area contributed by atoms with Gasteiger partial charge in [-0.25, -0.2) is 9.50 Å². The van der Waals surface area contributed by atoms with Crippen LogP contribution in [0.15, 0.2) is 54.7 Å². The molecule has 1 atom stereocenters. The van der Waals surface area contributed by atoms with Gasteiger partial charge in [0, 0.05) is 17.8 Å². The first-order valence-corrected chi connectivity index (χ1v) is 11.9. The van der Waals surface area contributed by atoms with E-state index in [4.69, 9.17) is 4.74 Å². The van der Waals surface area contributed by atoms with Crippen LogP contribution >= 0.6 is 0 Å². The minimum atomic E-state index is -0.247. The Morgan fingerprint density at radius 3 is 2.83 bits per heavy atom. The minimum Gasteiger partial charge on any atom is -0.493 e. The highest BCUT2D eigenvalue weighted by atomic mass is 16.5. The molecule has 2 aromatic heterocycles. The van der Waals surface area contributed by atoms with E-state index < -0.39 is 0 Å². The lowest BCUT2D eigenvalue weighted by Crippen LogP contribution is -2.30. The van der Waals surface area contributed by atoms with Crippen LogP contribution in [-0.2, 0) is 17.6 Å². The van der Waals surface area contributed by atoms with E-state index in [-0.39, 0.29) is 11.9 Å². The van der Waals surface area contributed by atoms with Crippen molar-refractivity contribution in [3.05, 3.63) is 93.9 Å². The highest BCUT2D eigenvalue weighted by molar-refractivity contribution is 5.77. The van der Waals surface area contributed by atoms with Crippen molar-refractivity contribution >= 4 is 11.6 Å². The number of amides is 1. The number of carbonyl (C=O) groups is 1. The van der Waals surface area contributed by atoms with E-state index in [1.165, 1.54) is 11.8 Å². The van der Waals surface area contributed by atoms with Gasteiger partial charge >= 0.3 is 0 Å². The lowest BCUT2D eigenvalue weighted by atomic mass is 9.94. The van der Waals surface area contributed by atoms with Crippen molar-refractivity contribution < 1.29 is 9.53 Å². The predicted octanol–water partition coefficient (Wildman–Crippen LogP) is 4.38. The highest BCUT2D eigenvalue weighted by Gasteiger charge is 2.21. The van der Waals surface area contributed by atoms with Gasteiger partial charge in [-0.15, -0.1) is 0 Å². The molecule has 0 saturated heterocycles. The van der Waals surface area contributed by atoms with Crippen molar-refractivity contribution in [2.75, 3.05) is 6.61 Å². The Hall–Kier alpha value is -4.18. The number of rotatable bonds is 6. The first-order chi connectivity index (χ1) is 17.0. The van der Waals surface area contributed by atoms with E-state index in [1.54, 1.807) is 4.52 Å².